The molecule has 1 aliphatic heterocycles. The number of urea groups is 1. The molecule has 9 heteroatoms. The molecule has 2 rings (SSSR count). The third-order valence-electron chi connectivity index (χ3n) is 3.03. The van der Waals surface area contributed by atoms with Crippen molar-refractivity contribution in [1.29, 1.82) is 0 Å². The fourth-order valence-electron chi connectivity index (χ4n) is 2.03. The molecule has 0 spiro atoms. The summed E-state index contributed by atoms with van der Waals surface area (Å²) in [5.74, 6) is 4.95. The molecule has 3 N–H and O–H groups in total. The van der Waals surface area contributed by atoms with Crippen molar-refractivity contribution in [3.05, 3.63) is 33.9 Å². The Balaban J connectivity index is 2.35. The largest absolute Gasteiger partial charge is 0.327 e. The van der Waals surface area contributed by atoms with Gasteiger partial charge in [-0.05, 0) is 0 Å². The molecule has 1 fully saturated rings. The van der Waals surface area contributed by atoms with E-state index in [1.807, 2.05) is 0 Å². The second-order valence-corrected chi connectivity index (χ2v) is 4.33. The van der Waals surface area contributed by atoms with Crippen LogP contribution < -0.4 is 11.3 Å². The fourth-order valence-corrected chi connectivity index (χ4v) is 2.03. The average molecular weight is 279 g/mol. The summed E-state index contributed by atoms with van der Waals surface area (Å²) >= 11 is 0. The van der Waals surface area contributed by atoms with Gasteiger partial charge in [0.05, 0.1) is 11.5 Å². The quantitative estimate of drug-likeness (QED) is 0.353. The van der Waals surface area contributed by atoms with Gasteiger partial charge in [0.15, 0.2) is 0 Å². The molecule has 1 aromatic carbocycles. The van der Waals surface area contributed by atoms with Crippen LogP contribution in [0.2, 0.25) is 0 Å². The van der Waals surface area contributed by atoms with Crippen LogP contribution in [0.5, 0.6) is 0 Å². The van der Waals surface area contributed by atoms with Crippen LogP contribution in [0.4, 0.5) is 16.2 Å². The number of likely N-dealkylation sites (N-methyl/N-ethyl adjacent to an activating group) is 1. The Kier molecular flexibility index (Phi) is 3.53. The number of nitrogen functional groups attached to an aromatic ring is 1. The van der Waals surface area contributed by atoms with Gasteiger partial charge < -0.3 is 10.3 Å². The molecular weight excluding hydrogens is 266 g/mol. The van der Waals surface area contributed by atoms with Crippen LogP contribution in [0, 0.1) is 10.1 Å². The zero-order valence-electron chi connectivity index (χ0n) is 10.7. The maximum atomic E-state index is 11.8. The second kappa shape index (κ2) is 5.13. The molecule has 1 aromatic rings. The number of imide groups is 1. The standard InChI is InChI=1S/C11H13N5O4/c1-14-6-9(17)15(11(14)18)5-7-3-2-4-8(16(19)20)10(7)13-12/h2-4,13H,5-6,12H2,1H3. The molecule has 0 radical (unpaired) electrons. The van der Waals surface area contributed by atoms with E-state index in [1.54, 1.807) is 6.07 Å². The lowest BCUT2D eigenvalue weighted by Crippen LogP contribution is -2.31. The van der Waals surface area contributed by atoms with E-state index in [1.165, 1.54) is 24.1 Å². The zero-order chi connectivity index (χ0) is 14.9. The zero-order valence-corrected chi connectivity index (χ0v) is 10.7. The van der Waals surface area contributed by atoms with E-state index in [4.69, 9.17) is 5.84 Å². The Labute approximate surface area is 114 Å². The summed E-state index contributed by atoms with van der Waals surface area (Å²) in [6.45, 7) is -0.0671. The normalized spacial score (nSPS) is 14.9. The number of nitrogens with zero attached hydrogens (tertiary/aromatic N) is 3. The van der Waals surface area contributed by atoms with E-state index in [-0.39, 0.29) is 30.4 Å². The molecule has 0 saturated carbocycles. The first-order chi connectivity index (χ1) is 9.45. The number of nitro benzene ring substituents is 1. The first-order valence-corrected chi connectivity index (χ1v) is 5.74. The molecular formula is C11H13N5O4. The summed E-state index contributed by atoms with van der Waals surface area (Å²) in [6.07, 6.45) is 0. The summed E-state index contributed by atoms with van der Waals surface area (Å²) in [7, 11) is 1.51. The van der Waals surface area contributed by atoms with Crippen LogP contribution in [0.3, 0.4) is 0 Å². The third kappa shape index (κ3) is 2.26. The average Bonchev–Trinajstić information content (AvgIpc) is 2.65. The van der Waals surface area contributed by atoms with Gasteiger partial charge in [0.2, 0.25) is 0 Å². The molecule has 0 aromatic heterocycles. The Morgan fingerprint density at radius 3 is 2.65 bits per heavy atom. The lowest BCUT2D eigenvalue weighted by Gasteiger charge is -2.16. The van der Waals surface area contributed by atoms with Gasteiger partial charge in [0.25, 0.3) is 11.6 Å². The number of hydrogen-bond acceptors (Lipinski definition) is 6. The second-order valence-electron chi connectivity index (χ2n) is 4.33. The van der Waals surface area contributed by atoms with Crippen LogP contribution in [-0.2, 0) is 11.3 Å². The predicted molar refractivity (Wildman–Crippen MR) is 69.5 cm³/mol. The first kappa shape index (κ1) is 13.7. The number of para-hydroxylation sites is 1. The van der Waals surface area contributed by atoms with Crippen molar-refractivity contribution in [2.75, 3.05) is 19.0 Å². The number of benzene rings is 1. The van der Waals surface area contributed by atoms with Crippen molar-refractivity contribution < 1.29 is 14.5 Å². The molecule has 0 atom stereocenters. The van der Waals surface area contributed by atoms with Gasteiger partial charge in [-0.2, -0.15) is 0 Å². The summed E-state index contributed by atoms with van der Waals surface area (Å²) in [6, 6.07) is 3.90. The van der Waals surface area contributed by atoms with E-state index in [0.717, 1.165) is 4.90 Å². The Morgan fingerprint density at radius 2 is 2.15 bits per heavy atom. The van der Waals surface area contributed by atoms with Crippen molar-refractivity contribution in [2.45, 2.75) is 6.54 Å². The summed E-state index contributed by atoms with van der Waals surface area (Å²) in [5.41, 5.74) is 2.54. The Morgan fingerprint density at radius 1 is 1.45 bits per heavy atom. The molecule has 1 saturated heterocycles. The summed E-state index contributed by atoms with van der Waals surface area (Å²) < 4.78 is 0. The van der Waals surface area contributed by atoms with E-state index in [2.05, 4.69) is 5.43 Å². The fraction of sp³-hybridized carbons (Fsp3) is 0.273. The number of hydrazine groups is 1. The SMILES string of the molecule is CN1CC(=O)N(Cc2cccc([N+](=O)[O-])c2NN)C1=O. The van der Waals surface area contributed by atoms with Crippen molar-refractivity contribution in [3.63, 3.8) is 0 Å². The molecule has 0 aliphatic carbocycles. The Bertz CT molecular complexity index is 588. The number of carbonyl (C=O) groups is 2. The van der Waals surface area contributed by atoms with Crippen molar-refractivity contribution in [1.82, 2.24) is 9.80 Å². The van der Waals surface area contributed by atoms with Crippen LogP contribution in [0.1, 0.15) is 5.56 Å². The van der Waals surface area contributed by atoms with Crippen LogP contribution in [-0.4, -0.2) is 40.3 Å². The van der Waals surface area contributed by atoms with E-state index < -0.39 is 11.0 Å². The number of anilines is 1. The lowest BCUT2D eigenvalue weighted by atomic mass is 10.1. The van der Waals surface area contributed by atoms with Crippen molar-refractivity contribution in [2.24, 2.45) is 5.84 Å². The highest BCUT2D eigenvalue weighted by atomic mass is 16.6. The van der Waals surface area contributed by atoms with Gasteiger partial charge in [0, 0.05) is 18.7 Å². The first-order valence-electron chi connectivity index (χ1n) is 5.74. The molecule has 3 amide bonds. The highest BCUT2D eigenvalue weighted by Gasteiger charge is 2.34. The molecule has 20 heavy (non-hydrogen) atoms. The van der Waals surface area contributed by atoms with Crippen LogP contribution >= 0.6 is 0 Å². The highest BCUT2D eigenvalue weighted by Crippen LogP contribution is 2.29. The van der Waals surface area contributed by atoms with Crippen LogP contribution in [0.25, 0.3) is 0 Å². The number of carbonyl (C=O) groups excluding carboxylic acids is 2. The molecule has 0 bridgehead atoms. The van der Waals surface area contributed by atoms with Crippen LogP contribution in [0.15, 0.2) is 18.2 Å². The molecule has 106 valence electrons. The predicted octanol–water partition coefficient (Wildman–Crippen LogP) is 0.274. The smallest absolute Gasteiger partial charge is 0.318 e. The number of nitrogens with one attached hydrogen (secondary N) is 1. The Hall–Kier alpha value is -2.68. The van der Waals surface area contributed by atoms with Crippen molar-refractivity contribution in [3.8, 4) is 0 Å². The minimum Gasteiger partial charge on any atom is -0.318 e. The van der Waals surface area contributed by atoms with Gasteiger partial charge in [0.1, 0.15) is 12.2 Å². The van der Waals surface area contributed by atoms with Gasteiger partial charge in [-0.3, -0.25) is 25.7 Å². The summed E-state index contributed by atoms with van der Waals surface area (Å²) in [5, 5.41) is 10.9. The molecule has 9 nitrogen and oxygen atoms in total. The maximum absolute atomic E-state index is 11.8. The van der Waals surface area contributed by atoms with E-state index in [0.29, 0.717) is 5.56 Å². The minimum absolute atomic E-state index is 0.000846. The number of hydrogen-bond donors (Lipinski definition) is 2. The van der Waals surface area contributed by atoms with Crippen molar-refractivity contribution >= 4 is 23.3 Å². The number of nitrogens with two attached hydrogens (primary N) is 1. The monoisotopic (exact) mass is 279 g/mol. The summed E-state index contributed by atoms with van der Waals surface area (Å²) in [4.78, 5) is 36.1. The van der Waals surface area contributed by atoms with Gasteiger partial charge >= 0.3 is 6.03 Å². The minimum atomic E-state index is -0.585. The van der Waals surface area contributed by atoms with Gasteiger partial charge in [-0.1, -0.05) is 12.1 Å². The highest BCUT2D eigenvalue weighted by molar-refractivity contribution is 6.01. The lowest BCUT2D eigenvalue weighted by molar-refractivity contribution is -0.384. The van der Waals surface area contributed by atoms with E-state index >= 15 is 0 Å². The number of nitro groups is 1. The van der Waals surface area contributed by atoms with E-state index in [9.17, 15) is 19.7 Å². The van der Waals surface area contributed by atoms with Gasteiger partial charge in [-0.15, -0.1) is 0 Å². The topological polar surface area (TPSA) is 122 Å². The van der Waals surface area contributed by atoms with Gasteiger partial charge in [-0.25, -0.2) is 4.79 Å². The number of amides is 3. The molecule has 1 heterocycles. The molecule has 1 aliphatic rings. The number of rotatable bonds is 4. The third-order valence-corrected chi connectivity index (χ3v) is 3.03. The molecule has 0 unspecified atom stereocenters. The maximum Gasteiger partial charge on any atom is 0.327 e.